The van der Waals surface area contributed by atoms with E-state index in [9.17, 15) is 4.79 Å². The number of rotatable bonds is 9. The Kier molecular flexibility index (Phi) is 6.95. The van der Waals surface area contributed by atoms with Gasteiger partial charge in [0.25, 0.3) is 5.91 Å². The molecule has 3 rings (SSSR count). The predicted octanol–water partition coefficient (Wildman–Crippen LogP) is 4.13. The van der Waals surface area contributed by atoms with Crippen LogP contribution in [-0.4, -0.2) is 29.9 Å². The van der Waals surface area contributed by atoms with Gasteiger partial charge in [0.2, 0.25) is 5.75 Å². The van der Waals surface area contributed by atoms with Crippen LogP contribution in [0.1, 0.15) is 41.0 Å². The summed E-state index contributed by atoms with van der Waals surface area (Å²) in [5, 5.41) is 7.38. The average Bonchev–Trinajstić information content (AvgIpc) is 3.25. The van der Waals surface area contributed by atoms with E-state index in [1.165, 1.54) is 5.56 Å². The smallest absolute Gasteiger partial charge is 0.272 e. The summed E-state index contributed by atoms with van der Waals surface area (Å²) in [5.74, 6) is 1.37. The summed E-state index contributed by atoms with van der Waals surface area (Å²) in [4.78, 5) is 12.7. The molecule has 30 heavy (non-hydrogen) atoms. The minimum Gasteiger partial charge on any atom is -0.493 e. The number of hydrogen-bond acceptors (Lipinski definition) is 5. The van der Waals surface area contributed by atoms with Crippen LogP contribution in [0.4, 0.5) is 0 Å². The number of methoxy groups -OCH3 is 2. The number of nitrogens with one attached hydrogen (secondary N) is 1. The highest BCUT2D eigenvalue weighted by Gasteiger charge is 2.17. The molecule has 0 aliphatic rings. The summed E-state index contributed by atoms with van der Waals surface area (Å²) < 4.78 is 18.0. The maximum Gasteiger partial charge on any atom is 0.272 e. The van der Waals surface area contributed by atoms with Crippen molar-refractivity contribution in [2.75, 3.05) is 14.2 Å². The second-order valence-corrected chi connectivity index (χ2v) is 6.85. The summed E-state index contributed by atoms with van der Waals surface area (Å²) in [6.07, 6.45) is 2.48. The molecule has 7 nitrogen and oxygen atoms in total. The van der Waals surface area contributed by atoms with Gasteiger partial charge in [-0.1, -0.05) is 42.8 Å². The first-order valence-electron chi connectivity index (χ1n) is 9.80. The monoisotopic (exact) mass is 409 g/mol. The molecule has 1 unspecified atom stereocenters. The maximum atomic E-state index is 12.7. The lowest BCUT2D eigenvalue weighted by atomic mass is 10.0. The fraction of sp³-hybridized carbons (Fsp3) is 0.304. The van der Waals surface area contributed by atoms with Crippen molar-refractivity contribution in [3.05, 3.63) is 71.5 Å². The summed E-state index contributed by atoms with van der Waals surface area (Å²) >= 11 is 0. The fourth-order valence-electron chi connectivity index (χ4n) is 3.10. The predicted molar refractivity (Wildman–Crippen MR) is 114 cm³/mol. The highest BCUT2D eigenvalue weighted by Crippen LogP contribution is 2.36. The molecule has 0 bridgehead atoms. The van der Waals surface area contributed by atoms with Crippen LogP contribution in [0.3, 0.4) is 0 Å². The number of ether oxygens (including phenoxy) is 3. The van der Waals surface area contributed by atoms with Crippen LogP contribution in [0.25, 0.3) is 0 Å². The topological polar surface area (TPSA) is 74.6 Å². The van der Waals surface area contributed by atoms with Crippen LogP contribution in [-0.2, 0) is 6.73 Å². The molecule has 1 amide bonds. The van der Waals surface area contributed by atoms with Gasteiger partial charge in [0, 0.05) is 6.20 Å². The Bertz CT molecular complexity index is 960. The first-order valence-corrected chi connectivity index (χ1v) is 9.80. The van der Waals surface area contributed by atoms with Crippen LogP contribution in [0, 0.1) is 6.92 Å². The Morgan fingerprint density at radius 1 is 1.07 bits per heavy atom. The van der Waals surface area contributed by atoms with Crippen LogP contribution >= 0.6 is 0 Å². The first-order chi connectivity index (χ1) is 14.5. The van der Waals surface area contributed by atoms with Crippen molar-refractivity contribution in [2.24, 2.45) is 0 Å². The highest BCUT2D eigenvalue weighted by atomic mass is 16.5. The average molecular weight is 409 g/mol. The van der Waals surface area contributed by atoms with Gasteiger partial charge in [-0.15, -0.1) is 0 Å². The molecular weight excluding hydrogens is 382 g/mol. The zero-order valence-corrected chi connectivity index (χ0v) is 17.7. The number of carbonyl (C=O) groups excluding carboxylic acids is 1. The Hall–Kier alpha value is -3.48. The van der Waals surface area contributed by atoms with Gasteiger partial charge in [0.1, 0.15) is 5.69 Å². The van der Waals surface area contributed by atoms with Gasteiger partial charge < -0.3 is 19.5 Å². The molecule has 0 aliphatic carbocycles. The number of nitrogens with zero attached hydrogens (tertiary/aromatic N) is 2. The lowest BCUT2D eigenvalue weighted by molar-refractivity contribution is 0.0928. The van der Waals surface area contributed by atoms with Crippen LogP contribution in [0.2, 0.25) is 0 Å². The van der Waals surface area contributed by atoms with Gasteiger partial charge in [0.05, 0.1) is 20.3 Å². The van der Waals surface area contributed by atoms with Crippen molar-refractivity contribution in [2.45, 2.75) is 33.0 Å². The molecular formula is C23H27N3O4. The van der Waals surface area contributed by atoms with Gasteiger partial charge in [-0.25, -0.2) is 4.68 Å². The molecule has 0 aliphatic heterocycles. The Morgan fingerprint density at radius 3 is 2.33 bits per heavy atom. The van der Waals surface area contributed by atoms with Gasteiger partial charge in [-0.2, -0.15) is 5.10 Å². The van der Waals surface area contributed by atoms with Crippen molar-refractivity contribution in [1.29, 1.82) is 0 Å². The van der Waals surface area contributed by atoms with Crippen LogP contribution < -0.4 is 19.5 Å². The molecule has 0 saturated heterocycles. The van der Waals surface area contributed by atoms with E-state index in [-0.39, 0.29) is 18.7 Å². The largest absolute Gasteiger partial charge is 0.493 e. The summed E-state index contributed by atoms with van der Waals surface area (Å²) in [6.45, 7) is 4.19. The summed E-state index contributed by atoms with van der Waals surface area (Å²) in [6, 6.07) is 15.2. The molecule has 1 aromatic heterocycles. The normalized spacial score (nSPS) is 11.6. The molecule has 0 saturated carbocycles. The highest BCUT2D eigenvalue weighted by molar-refractivity contribution is 5.92. The molecule has 3 aromatic rings. The van der Waals surface area contributed by atoms with Crippen molar-refractivity contribution < 1.29 is 19.0 Å². The van der Waals surface area contributed by atoms with Gasteiger partial charge in [0.15, 0.2) is 18.2 Å². The number of hydrogen-bond donors (Lipinski definition) is 1. The van der Waals surface area contributed by atoms with Crippen molar-refractivity contribution >= 4 is 5.91 Å². The van der Waals surface area contributed by atoms with Gasteiger partial charge in [-0.05, 0) is 37.1 Å². The Morgan fingerprint density at radius 2 is 1.73 bits per heavy atom. The number of amides is 1. The summed E-state index contributed by atoms with van der Waals surface area (Å²) in [7, 11) is 3.13. The van der Waals surface area contributed by atoms with E-state index in [1.807, 2.05) is 44.2 Å². The minimum absolute atomic E-state index is 0.0719. The number of carbonyl (C=O) groups is 1. The molecule has 0 fully saturated rings. The maximum absolute atomic E-state index is 12.7. The number of aryl methyl sites for hydroxylation is 1. The molecule has 0 spiro atoms. The quantitative estimate of drug-likeness (QED) is 0.575. The lowest BCUT2D eigenvalue weighted by Gasteiger charge is -2.17. The SMILES string of the molecule is CCC(NC(=O)c1ccn(COc2c(OC)cccc2OC)n1)c1ccc(C)cc1. The van der Waals surface area contributed by atoms with E-state index in [1.54, 1.807) is 43.3 Å². The molecule has 158 valence electrons. The van der Waals surface area contributed by atoms with E-state index in [0.717, 1.165) is 12.0 Å². The molecule has 1 atom stereocenters. The van der Waals surface area contributed by atoms with Crippen molar-refractivity contribution in [1.82, 2.24) is 15.1 Å². The van der Waals surface area contributed by atoms with E-state index in [4.69, 9.17) is 14.2 Å². The second-order valence-electron chi connectivity index (χ2n) is 6.85. The zero-order valence-electron chi connectivity index (χ0n) is 17.7. The molecule has 1 heterocycles. The Labute approximate surface area is 176 Å². The van der Waals surface area contributed by atoms with Gasteiger partial charge in [-0.3, -0.25) is 4.79 Å². The van der Waals surface area contributed by atoms with Crippen molar-refractivity contribution in [3.8, 4) is 17.2 Å². The minimum atomic E-state index is -0.226. The van der Waals surface area contributed by atoms with E-state index in [0.29, 0.717) is 22.9 Å². The molecule has 0 radical (unpaired) electrons. The fourth-order valence-corrected chi connectivity index (χ4v) is 3.10. The van der Waals surface area contributed by atoms with E-state index >= 15 is 0 Å². The third kappa shape index (κ3) is 4.92. The summed E-state index contributed by atoms with van der Waals surface area (Å²) in [5.41, 5.74) is 2.59. The van der Waals surface area contributed by atoms with Gasteiger partial charge >= 0.3 is 0 Å². The third-order valence-electron chi connectivity index (χ3n) is 4.79. The second kappa shape index (κ2) is 9.82. The third-order valence-corrected chi connectivity index (χ3v) is 4.79. The number of aromatic nitrogens is 2. The molecule has 7 heteroatoms. The molecule has 1 N–H and O–H groups in total. The first kappa shape index (κ1) is 21.2. The van der Waals surface area contributed by atoms with E-state index < -0.39 is 0 Å². The van der Waals surface area contributed by atoms with Crippen molar-refractivity contribution in [3.63, 3.8) is 0 Å². The van der Waals surface area contributed by atoms with Crippen LogP contribution in [0.15, 0.2) is 54.7 Å². The van der Waals surface area contributed by atoms with E-state index in [2.05, 4.69) is 10.4 Å². The number of benzene rings is 2. The zero-order chi connectivity index (χ0) is 21.5. The standard InChI is InChI=1S/C23H27N3O4/c1-5-18(17-11-9-16(2)10-12-17)24-23(27)19-13-14-26(25-19)15-30-22-20(28-3)7-6-8-21(22)29-4/h6-14,18H,5,15H2,1-4H3,(H,24,27). The Balaban J connectivity index is 1.66. The molecule has 2 aromatic carbocycles. The lowest BCUT2D eigenvalue weighted by Crippen LogP contribution is -2.28. The number of para-hydroxylation sites is 1. The van der Waals surface area contributed by atoms with Crippen LogP contribution in [0.5, 0.6) is 17.2 Å².